The highest BCUT2D eigenvalue weighted by Gasteiger charge is 2.32. The molecule has 0 fully saturated rings. The normalized spacial score (nSPS) is 12.9. The molecule has 1 unspecified atom stereocenters. The number of carbonyl (C=O) groups excluding carboxylic acids is 1. The maximum Gasteiger partial charge on any atom is 0.319 e. The number of hydrogen-bond acceptors (Lipinski definition) is 4. The van der Waals surface area contributed by atoms with E-state index in [9.17, 15) is 14.9 Å². The van der Waals surface area contributed by atoms with Gasteiger partial charge in [0, 0.05) is 19.3 Å². The standard InChI is InChI=1S/C13H18ClN3O3/c1-8(13(2,3)4)16(5)12(18)9-6-7-15-11(14)10(9)17(19)20/h6-8H,1-5H3. The highest BCUT2D eigenvalue weighted by Crippen LogP contribution is 2.29. The molecular formula is C13H18ClN3O3. The van der Waals surface area contributed by atoms with Gasteiger partial charge in [-0.2, -0.15) is 0 Å². The first kappa shape index (κ1) is 16.4. The lowest BCUT2D eigenvalue weighted by Gasteiger charge is -2.35. The molecule has 0 bridgehead atoms. The fraction of sp³-hybridized carbons (Fsp3) is 0.538. The smallest absolute Gasteiger partial charge is 0.319 e. The molecule has 0 aliphatic carbocycles. The second-order valence-electron chi connectivity index (χ2n) is 5.71. The zero-order chi connectivity index (χ0) is 15.7. The van der Waals surface area contributed by atoms with Crippen molar-refractivity contribution in [3.8, 4) is 0 Å². The van der Waals surface area contributed by atoms with Gasteiger partial charge < -0.3 is 4.90 Å². The van der Waals surface area contributed by atoms with Crippen molar-refractivity contribution in [2.75, 3.05) is 7.05 Å². The number of pyridine rings is 1. The van der Waals surface area contributed by atoms with Gasteiger partial charge in [0.1, 0.15) is 5.56 Å². The van der Waals surface area contributed by atoms with Gasteiger partial charge in [-0.15, -0.1) is 0 Å². The van der Waals surface area contributed by atoms with Crippen LogP contribution in [0.3, 0.4) is 0 Å². The van der Waals surface area contributed by atoms with Gasteiger partial charge in [-0.3, -0.25) is 14.9 Å². The van der Waals surface area contributed by atoms with E-state index in [4.69, 9.17) is 11.6 Å². The van der Waals surface area contributed by atoms with Crippen LogP contribution in [0.15, 0.2) is 12.3 Å². The Labute approximate surface area is 122 Å². The Hall–Kier alpha value is -1.69. The van der Waals surface area contributed by atoms with Gasteiger partial charge in [0.15, 0.2) is 0 Å². The molecule has 1 rings (SSSR count). The number of aromatic nitrogens is 1. The SMILES string of the molecule is CC(N(C)C(=O)c1ccnc(Cl)c1[N+](=O)[O-])C(C)(C)C. The minimum atomic E-state index is -0.682. The number of hydrogen-bond donors (Lipinski definition) is 0. The van der Waals surface area contributed by atoms with Crippen molar-refractivity contribution in [3.05, 3.63) is 33.1 Å². The number of rotatable bonds is 3. The second-order valence-corrected chi connectivity index (χ2v) is 6.07. The van der Waals surface area contributed by atoms with Crippen LogP contribution >= 0.6 is 11.6 Å². The summed E-state index contributed by atoms with van der Waals surface area (Å²) in [6.45, 7) is 7.88. The molecule has 1 aromatic heterocycles. The summed E-state index contributed by atoms with van der Waals surface area (Å²) >= 11 is 5.72. The number of carbonyl (C=O) groups is 1. The first-order valence-electron chi connectivity index (χ1n) is 6.13. The van der Waals surface area contributed by atoms with Crippen molar-refractivity contribution in [1.82, 2.24) is 9.88 Å². The molecule has 1 atom stereocenters. The molecule has 0 spiro atoms. The number of amides is 1. The highest BCUT2D eigenvalue weighted by atomic mass is 35.5. The maximum absolute atomic E-state index is 12.4. The van der Waals surface area contributed by atoms with E-state index in [-0.39, 0.29) is 22.2 Å². The number of nitrogens with zero attached hydrogens (tertiary/aromatic N) is 3. The van der Waals surface area contributed by atoms with Crippen LogP contribution in [0.4, 0.5) is 5.69 Å². The Morgan fingerprint density at radius 3 is 2.50 bits per heavy atom. The van der Waals surface area contributed by atoms with Crippen LogP contribution in [0.25, 0.3) is 0 Å². The van der Waals surface area contributed by atoms with Crippen molar-refractivity contribution in [1.29, 1.82) is 0 Å². The van der Waals surface area contributed by atoms with E-state index in [0.717, 1.165) is 0 Å². The Morgan fingerprint density at radius 2 is 2.05 bits per heavy atom. The van der Waals surface area contributed by atoms with Gasteiger partial charge >= 0.3 is 5.69 Å². The van der Waals surface area contributed by atoms with Crippen LogP contribution in [0, 0.1) is 15.5 Å². The molecule has 110 valence electrons. The second kappa shape index (κ2) is 5.75. The quantitative estimate of drug-likeness (QED) is 0.488. The van der Waals surface area contributed by atoms with Crippen LogP contribution < -0.4 is 0 Å². The largest absolute Gasteiger partial charge is 0.338 e. The third kappa shape index (κ3) is 3.25. The minimum absolute atomic E-state index is 0.0476. The summed E-state index contributed by atoms with van der Waals surface area (Å²) < 4.78 is 0. The molecule has 7 heteroatoms. The van der Waals surface area contributed by atoms with Crippen LogP contribution in [0.2, 0.25) is 5.15 Å². The van der Waals surface area contributed by atoms with Gasteiger partial charge in [-0.05, 0) is 18.4 Å². The molecular weight excluding hydrogens is 282 g/mol. The van der Waals surface area contributed by atoms with E-state index in [1.807, 2.05) is 27.7 Å². The van der Waals surface area contributed by atoms with E-state index in [1.165, 1.54) is 17.2 Å². The monoisotopic (exact) mass is 299 g/mol. The van der Waals surface area contributed by atoms with Crippen LogP contribution in [0.1, 0.15) is 38.1 Å². The zero-order valence-electron chi connectivity index (χ0n) is 12.2. The highest BCUT2D eigenvalue weighted by molar-refractivity contribution is 6.32. The summed E-state index contributed by atoms with van der Waals surface area (Å²) in [5.41, 5.74) is -0.642. The van der Waals surface area contributed by atoms with Gasteiger partial charge in [0.2, 0.25) is 5.15 Å². The minimum Gasteiger partial charge on any atom is -0.338 e. The average molecular weight is 300 g/mol. The van der Waals surface area contributed by atoms with Crippen molar-refractivity contribution >= 4 is 23.2 Å². The van der Waals surface area contributed by atoms with Crippen LogP contribution in [-0.2, 0) is 0 Å². The molecule has 0 aliphatic heterocycles. The van der Waals surface area contributed by atoms with Gasteiger partial charge in [-0.25, -0.2) is 4.98 Å². The predicted octanol–water partition coefficient (Wildman–Crippen LogP) is 3.15. The van der Waals surface area contributed by atoms with E-state index in [0.29, 0.717) is 0 Å². The Balaban J connectivity index is 3.23. The summed E-state index contributed by atoms with van der Waals surface area (Å²) in [7, 11) is 1.62. The number of halogens is 1. The lowest BCUT2D eigenvalue weighted by Crippen LogP contribution is -2.43. The third-order valence-corrected chi connectivity index (χ3v) is 3.72. The number of nitro groups is 1. The molecule has 20 heavy (non-hydrogen) atoms. The first-order chi connectivity index (χ1) is 9.07. The Bertz CT molecular complexity index is 540. The van der Waals surface area contributed by atoms with Crippen LogP contribution in [-0.4, -0.2) is 33.8 Å². The Morgan fingerprint density at radius 1 is 1.50 bits per heavy atom. The summed E-state index contributed by atoms with van der Waals surface area (Å²) in [4.78, 5) is 27.9. The fourth-order valence-corrected chi connectivity index (χ4v) is 1.95. The lowest BCUT2D eigenvalue weighted by molar-refractivity contribution is -0.385. The fourth-order valence-electron chi connectivity index (χ4n) is 1.72. The average Bonchev–Trinajstić information content (AvgIpc) is 2.34. The van der Waals surface area contributed by atoms with Gasteiger partial charge in [0.25, 0.3) is 5.91 Å². The van der Waals surface area contributed by atoms with E-state index in [1.54, 1.807) is 7.05 Å². The Kier molecular flexibility index (Phi) is 4.70. The summed E-state index contributed by atoms with van der Waals surface area (Å²) in [5, 5.41) is 10.8. The molecule has 6 nitrogen and oxygen atoms in total. The topological polar surface area (TPSA) is 76.3 Å². The van der Waals surface area contributed by atoms with Gasteiger partial charge in [0.05, 0.1) is 4.92 Å². The van der Waals surface area contributed by atoms with E-state index >= 15 is 0 Å². The molecule has 1 amide bonds. The van der Waals surface area contributed by atoms with Crippen LogP contribution in [0.5, 0.6) is 0 Å². The van der Waals surface area contributed by atoms with Crippen molar-refractivity contribution in [2.24, 2.45) is 5.41 Å². The molecule has 0 N–H and O–H groups in total. The first-order valence-corrected chi connectivity index (χ1v) is 6.51. The lowest BCUT2D eigenvalue weighted by atomic mass is 9.87. The zero-order valence-corrected chi connectivity index (χ0v) is 12.9. The summed E-state index contributed by atoms with van der Waals surface area (Å²) in [6, 6.07) is 1.22. The van der Waals surface area contributed by atoms with Crippen molar-refractivity contribution < 1.29 is 9.72 Å². The maximum atomic E-state index is 12.4. The van der Waals surface area contributed by atoms with Gasteiger partial charge in [-0.1, -0.05) is 32.4 Å². The van der Waals surface area contributed by atoms with E-state index < -0.39 is 16.5 Å². The third-order valence-electron chi connectivity index (χ3n) is 3.45. The summed E-state index contributed by atoms with van der Waals surface area (Å²) in [6.07, 6.45) is 1.29. The van der Waals surface area contributed by atoms with Crippen molar-refractivity contribution in [2.45, 2.75) is 33.7 Å². The molecule has 0 aromatic carbocycles. The molecule has 0 aliphatic rings. The van der Waals surface area contributed by atoms with E-state index in [2.05, 4.69) is 4.98 Å². The predicted molar refractivity (Wildman–Crippen MR) is 76.9 cm³/mol. The molecule has 1 aromatic rings. The molecule has 0 saturated carbocycles. The summed E-state index contributed by atoms with van der Waals surface area (Å²) in [5.74, 6) is -0.441. The molecule has 1 heterocycles. The molecule has 0 saturated heterocycles. The van der Waals surface area contributed by atoms with Crippen molar-refractivity contribution in [3.63, 3.8) is 0 Å². The molecule has 0 radical (unpaired) electrons.